The minimum Gasteiger partial charge on any atom is -0.387 e. The van der Waals surface area contributed by atoms with Crippen LogP contribution in [0.15, 0.2) is 24.4 Å². The first kappa shape index (κ1) is 17.7. The molecule has 5 rings (SSSR count). The molecule has 5 heterocycles. The molecule has 1 aliphatic rings. The third-order valence-electron chi connectivity index (χ3n) is 5.56. The number of aryl methyl sites for hydroxylation is 2. The average Bonchev–Trinajstić information content (AvgIpc) is 3.27. The fraction of sp³-hybridized carbons (Fsp3) is 0.400. The van der Waals surface area contributed by atoms with Gasteiger partial charge in [0.25, 0.3) is 0 Å². The zero-order chi connectivity index (χ0) is 19.3. The van der Waals surface area contributed by atoms with E-state index in [1.54, 1.807) is 22.2 Å². The molecule has 0 aliphatic carbocycles. The molecule has 4 aromatic rings. The minimum absolute atomic E-state index is 0.253. The number of fused-ring (bicyclic) bond motifs is 2. The second-order valence-electron chi connectivity index (χ2n) is 7.31. The normalized spacial score (nSPS) is 16.8. The Hall–Kier alpha value is -2.42. The average molecular weight is 395 g/mol. The van der Waals surface area contributed by atoms with Crippen LogP contribution in [-0.4, -0.2) is 43.3 Å². The molecule has 1 aliphatic heterocycles. The van der Waals surface area contributed by atoms with Crippen molar-refractivity contribution >= 4 is 32.7 Å². The molecular weight excluding hydrogens is 374 g/mol. The van der Waals surface area contributed by atoms with E-state index in [2.05, 4.69) is 28.3 Å². The van der Waals surface area contributed by atoms with Gasteiger partial charge in [-0.05, 0) is 49.4 Å². The summed E-state index contributed by atoms with van der Waals surface area (Å²) in [4.78, 5) is 11.3. The molecule has 1 N–H and O–H groups in total. The number of rotatable bonds is 3. The number of hydrogen-bond donors (Lipinski definition) is 1. The van der Waals surface area contributed by atoms with Gasteiger partial charge in [-0.25, -0.2) is 14.6 Å². The van der Waals surface area contributed by atoms with Gasteiger partial charge in [-0.15, -0.1) is 16.4 Å². The van der Waals surface area contributed by atoms with E-state index in [-0.39, 0.29) is 5.92 Å². The van der Waals surface area contributed by atoms with Crippen LogP contribution >= 0.6 is 11.3 Å². The third kappa shape index (κ3) is 2.88. The lowest BCUT2D eigenvalue weighted by atomic mass is 9.91. The van der Waals surface area contributed by atoms with Gasteiger partial charge in [0.1, 0.15) is 10.3 Å². The summed E-state index contributed by atoms with van der Waals surface area (Å²) in [6, 6.07) is 6.05. The number of thiophene rings is 1. The van der Waals surface area contributed by atoms with Crippen molar-refractivity contribution in [3.8, 4) is 11.3 Å². The molecule has 7 nitrogen and oxygen atoms in total. The Morgan fingerprint density at radius 2 is 2.11 bits per heavy atom. The first-order chi connectivity index (χ1) is 13.6. The van der Waals surface area contributed by atoms with E-state index >= 15 is 0 Å². The molecule has 0 spiro atoms. The Labute approximate surface area is 166 Å². The highest BCUT2D eigenvalue weighted by atomic mass is 32.1. The van der Waals surface area contributed by atoms with Crippen LogP contribution in [0.5, 0.6) is 0 Å². The van der Waals surface area contributed by atoms with Crippen molar-refractivity contribution in [3.05, 3.63) is 34.8 Å². The predicted molar refractivity (Wildman–Crippen MR) is 108 cm³/mol. The minimum atomic E-state index is -0.454. The summed E-state index contributed by atoms with van der Waals surface area (Å²) in [6.07, 6.45) is 3.15. The maximum absolute atomic E-state index is 10.9. The Kier molecular flexibility index (Phi) is 4.34. The summed E-state index contributed by atoms with van der Waals surface area (Å²) in [6.45, 7) is 3.53. The highest BCUT2D eigenvalue weighted by Crippen LogP contribution is 2.40. The Morgan fingerprint density at radius 1 is 1.29 bits per heavy atom. The van der Waals surface area contributed by atoms with E-state index in [0.717, 1.165) is 69.1 Å². The number of aromatic nitrogens is 5. The summed E-state index contributed by atoms with van der Waals surface area (Å²) < 4.78 is 7.09. The van der Waals surface area contributed by atoms with Gasteiger partial charge in [0.05, 0.1) is 11.8 Å². The largest absolute Gasteiger partial charge is 0.387 e. The van der Waals surface area contributed by atoms with Crippen molar-refractivity contribution in [1.82, 2.24) is 25.0 Å². The predicted octanol–water partition coefficient (Wildman–Crippen LogP) is 3.41. The lowest BCUT2D eigenvalue weighted by Gasteiger charge is -2.26. The van der Waals surface area contributed by atoms with Gasteiger partial charge < -0.3 is 9.84 Å². The smallest absolute Gasteiger partial charge is 0.178 e. The van der Waals surface area contributed by atoms with Crippen LogP contribution in [0.4, 0.5) is 0 Å². The van der Waals surface area contributed by atoms with Crippen LogP contribution in [0, 0.1) is 12.8 Å². The second-order valence-corrected chi connectivity index (χ2v) is 8.35. The van der Waals surface area contributed by atoms with E-state index in [9.17, 15) is 5.11 Å². The van der Waals surface area contributed by atoms with Gasteiger partial charge in [-0.3, -0.25) is 0 Å². The number of ether oxygens (including phenoxy) is 1. The molecule has 0 bridgehead atoms. The third-order valence-corrected chi connectivity index (χ3v) is 6.83. The standard InChI is InChI=1S/C20H21N5O2S/c1-11-14-3-4-15(13-9-16-19(21-10-13)25(2)24-23-16)22-20(14)28-18(11)17(26)12-5-7-27-8-6-12/h3-4,9-10,12,17,26H,5-8H2,1-2H3. The molecule has 0 amide bonds. The van der Waals surface area contributed by atoms with E-state index < -0.39 is 6.10 Å². The topological polar surface area (TPSA) is 85.9 Å². The molecule has 0 saturated carbocycles. The molecule has 4 aromatic heterocycles. The van der Waals surface area contributed by atoms with Gasteiger partial charge in [0, 0.05) is 42.3 Å². The molecule has 0 aromatic carbocycles. The number of aliphatic hydroxyl groups is 1. The van der Waals surface area contributed by atoms with Crippen molar-refractivity contribution in [2.45, 2.75) is 25.9 Å². The summed E-state index contributed by atoms with van der Waals surface area (Å²) >= 11 is 1.59. The summed E-state index contributed by atoms with van der Waals surface area (Å²) in [5.41, 5.74) is 4.38. The van der Waals surface area contributed by atoms with Crippen LogP contribution in [-0.2, 0) is 11.8 Å². The van der Waals surface area contributed by atoms with Crippen LogP contribution in [0.25, 0.3) is 32.6 Å². The van der Waals surface area contributed by atoms with Gasteiger partial charge in [0.15, 0.2) is 5.65 Å². The molecular formula is C20H21N5O2S. The fourth-order valence-electron chi connectivity index (χ4n) is 3.87. The molecule has 1 saturated heterocycles. The molecule has 8 heteroatoms. The molecule has 1 fully saturated rings. The van der Waals surface area contributed by atoms with Gasteiger partial charge >= 0.3 is 0 Å². The van der Waals surface area contributed by atoms with Crippen LogP contribution < -0.4 is 0 Å². The van der Waals surface area contributed by atoms with E-state index in [1.165, 1.54) is 0 Å². The van der Waals surface area contributed by atoms with Crippen molar-refractivity contribution in [3.63, 3.8) is 0 Å². The Morgan fingerprint density at radius 3 is 2.93 bits per heavy atom. The van der Waals surface area contributed by atoms with Crippen molar-refractivity contribution < 1.29 is 9.84 Å². The Bertz CT molecular complexity index is 1160. The van der Waals surface area contributed by atoms with Crippen molar-refractivity contribution in [1.29, 1.82) is 0 Å². The van der Waals surface area contributed by atoms with Gasteiger partial charge in [-0.2, -0.15) is 0 Å². The second kappa shape index (κ2) is 6.88. The molecule has 144 valence electrons. The van der Waals surface area contributed by atoms with Crippen molar-refractivity contribution in [2.24, 2.45) is 13.0 Å². The SMILES string of the molecule is Cc1c(C(O)C2CCOCC2)sc2nc(-c3cnc4c(c3)nnn4C)ccc12. The van der Waals surface area contributed by atoms with Crippen LogP contribution in [0.2, 0.25) is 0 Å². The summed E-state index contributed by atoms with van der Waals surface area (Å²) in [7, 11) is 1.83. The Balaban J connectivity index is 1.53. The monoisotopic (exact) mass is 395 g/mol. The molecule has 1 unspecified atom stereocenters. The highest BCUT2D eigenvalue weighted by molar-refractivity contribution is 7.18. The highest BCUT2D eigenvalue weighted by Gasteiger charge is 2.27. The number of hydrogen-bond acceptors (Lipinski definition) is 7. The molecule has 1 atom stereocenters. The first-order valence-corrected chi connectivity index (χ1v) is 10.2. The molecule has 28 heavy (non-hydrogen) atoms. The number of pyridine rings is 2. The van der Waals surface area contributed by atoms with Crippen LogP contribution in [0.3, 0.4) is 0 Å². The van der Waals surface area contributed by atoms with Gasteiger partial charge in [0.2, 0.25) is 0 Å². The maximum atomic E-state index is 10.9. The maximum Gasteiger partial charge on any atom is 0.178 e. The van der Waals surface area contributed by atoms with E-state index in [1.807, 2.05) is 19.2 Å². The fourth-order valence-corrected chi connectivity index (χ4v) is 5.13. The number of nitrogens with zero attached hydrogens (tertiary/aromatic N) is 5. The lowest BCUT2D eigenvalue weighted by molar-refractivity contribution is 0.00837. The zero-order valence-corrected chi connectivity index (χ0v) is 16.6. The summed E-state index contributed by atoms with van der Waals surface area (Å²) in [5.74, 6) is 0.253. The zero-order valence-electron chi connectivity index (χ0n) is 15.8. The van der Waals surface area contributed by atoms with Crippen LogP contribution in [0.1, 0.15) is 29.4 Å². The van der Waals surface area contributed by atoms with E-state index in [4.69, 9.17) is 9.72 Å². The lowest BCUT2D eigenvalue weighted by Crippen LogP contribution is -2.21. The first-order valence-electron chi connectivity index (χ1n) is 9.43. The quantitative estimate of drug-likeness (QED) is 0.572. The number of aliphatic hydroxyl groups excluding tert-OH is 1. The summed E-state index contributed by atoms with van der Waals surface area (Å²) in [5, 5.41) is 20.2. The van der Waals surface area contributed by atoms with Crippen molar-refractivity contribution in [2.75, 3.05) is 13.2 Å². The van der Waals surface area contributed by atoms with Gasteiger partial charge in [-0.1, -0.05) is 5.21 Å². The molecule has 0 radical (unpaired) electrons. The van der Waals surface area contributed by atoms with E-state index in [0.29, 0.717) is 0 Å².